The summed E-state index contributed by atoms with van der Waals surface area (Å²) in [5.74, 6) is 0.892. The third kappa shape index (κ3) is 2.81. The first-order chi connectivity index (χ1) is 13.7. The van der Waals surface area contributed by atoms with Crippen molar-refractivity contribution in [3.8, 4) is 16.9 Å². The summed E-state index contributed by atoms with van der Waals surface area (Å²) >= 11 is 0. The zero-order chi connectivity index (χ0) is 19.1. The molecule has 1 fully saturated rings. The minimum atomic E-state index is -0.219. The van der Waals surface area contributed by atoms with Crippen molar-refractivity contribution in [2.24, 2.45) is 0 Å². The second-order valence-electron chi connectivity index (χ2n) is 7.31. The number of H-pyrrole nitrogens is 1. The second-order valence-corrected chi connectivity index (χ2v) is 7.31. The SMILES string of the molecule is COc1cccc(N[C@@H]2CCN(c3ccc4c(c3)CCc3[nH]ncc3-4)C2=O)c1. The minimum absolute atomic E-state index is 0.113. The van der Waals surface area contributed by atoms with E-state index in [-0.39, 0.29) is 11.9 Å². The fourth-order valence-corrected chi connectivity index (χ4v) is 4.20. The smallest absolute Gasteiger partial charge is 0.249 e. The third-order valence-corrected chi connectivity index (χ3v) is 5.67. The highest BCUT2D eigenvalue weighted by atomic mass is 16.5. The molecular weight excluding hydrogens is 352 g/mol. The van der Waals surface area contributed by atoms with Gasteiger partial charge in [-0.15, -0.1) is 0 Å². The Morgan fingerprint density at radius 3 is 3.00 bits per heavy atom. The molecule has 1 amide bonds. The summed E-state index contributed by atoms with van der Waals surface area (Å²) in [5, 5.41) is 10.6. The Kier molecular flexibility index (Phi) is 4.04. The van der Waals surface area contributed by atoms with Gasteiger partial charge in [-0.05, 0) is 54.7 Å². The van der Waals surface area contributed by atoms with Crippen molar-refractivity contribution in [3.05, 3.63) is 59.9 Å². The van der Waals surface area contributed by atoms with Crippen LogP contribution in [-0.4, -0.2) is 35.8 Å². The number of aromatic amines is 1. The van der Waals surface area contributed by atoms with Crippen LogP contribution >= 0.6 is 0 Å². The van der Waals surface area contributed by atoms with Crippen LogP contribution < -0.4 is 15.0 Å². The number of fused-ring (bicyclic) bond motifs is 3. The summed E-state index contributed by atoms with van der Waals surface area (Å²) in [6.07, 6.45) is 4.59. The molecule has 0 bridgehead atoms. The van der Waals surface area contributed by atoms with Crippen LogP contribution in [0.5, 0.6) is 5.75 Å². The third-order valence-electron chi connectivity index (χ3n) is 5.67. The van der Waals surface area contributed by atoms with Gasteiger partial charge in [0.2, 0.25) is 5.91 Å². The van der Waals surface area contributed by atoms with E-state index in [1.807, 2.05) is 41.4 Å². The standard InChI is InChI=1S/C22H22N4O2/c1-28-17-4-2-3-15(12-17)24-21-9-10-26(22(21)27)16-6-7-18-14(11-16)5-8-20-19(18)13-23-25-20/h2-4,6-7,11-13,21,24H,5,8-10H2,1H3,(H,23,25)/t21-/m1/s1. The van der Waals surface area contributed by atoms with E-state index in [1.54, 1.807) is 7.11 Å². The fraction of sp³-hybridized carbons (Fsp3) is 0.273. The van der Waals surface area contributed by atoms with E-state index in [2.05, 4.69) is 27.6 Å². The zero-order valence-corrected chi connectivity index (χ0v) is 15.7. The van der Waals surface area contributed by atoms with Gasteiger partial charge in [0.1, 0.15) is 11.8 Å². The molecular formula is C22H22N4O2. The van der Waals surface area contributed by atoms with Gasteiger partial charge in [0, 0.05) is 35.2 Å². The van der Waals surface area contributed by atoms with Gasteiger partial charge in [-0.3, -0.25) is 9.89 Å². The molecule has 1 aliphatic carbocycles. The first-order valence-electron chi connectivity index (χ1n) is 9.60. The van der Waals surface area contributed by atoms with Crippen molar-refractivity contribution >= 4 is 17.3 Å². The Morgan fingerprint density at radius 2 is 2.11 bits per heavy atom. The minimum Gasteiger partial charge on any atom is -0.497 e. The number of amides is 1. The summed E-state index contributed by atoms with van der Waals surface area (Å²) in [6, 6.07) is 13.8. The van der Waals surface area contributed by atoms with Crippen LogP contribution in [0.4, 0.5) is 11.4 Å². The summed E-state index contributed by atoms with van der Waals surface area (Å²) in [7, 11) is 1.64. The van der Waals surface area contributed by atoms with Crippen LogP contribution in [0.1, 0.15) is 17.7 Å². The number of hydrogen-bond acceptors (Lipinski definition) is 4. The maximum absolute atomic E-state index is 13.0. The van der Waals surface area contributed by atoms with Gasteiger partial charge in [0.15, 0.2) is 0 Å². The van der Waals surface area contributed by atoms with Crippen molar-refractivity contribution in [3.63, 3.8) is 0 Å². The van der Waals surface area contributed by atoms with E-state index in [0.717, 1.165) is 42.9 Å². The van der Waals surface area contributed by atoms with Gasteiger partial charge in [0.25, 0.3) is 0 Å². The Hall–Kier alpha value is -3.28. The molecule has 3 aromatic rings. The topological polar surface area (TPSA) is 70.2 Å². The van der Waals surface area contributed by atoms with Crippen LogP contribution in [0.2, 0.25) is 0 Å². The molecule has 1 aromatic heterocycles. The van der Waals surface area contributed by atoms with E-state index in [4.69, 9.17) is 4.74 Å². The lowest BCUT2D eigenvalue weighted by Crippen LogP contribution is -2.33. The molecule has 2 aromatic carbocycles. The molecule has 1 saturated heterocycles. The molecule has 28 heavy (non-hydrogen) atoms. The van der Waals surface area contributed by atoms with Crippen molar-refractivity contribution in [2.45, 2.75) is 25.3 Å². The lowest BCUT2D eigenvalue weighted by molar-refractivity contribution is -0.117. The molecule has 2 heterocycles. The number of aryl methyl sites for hydroxylation is 2. The van der Waals surface area contributed by atoms with Crippen LogP contribution in [-0.2, 0) is 17.6 Å². The molecule has 1 atom stereocenters. The number of hydrogen-bond donors (Lipinski definition) is 2. The number of aromatic nitrogens is 2. The summed E-state index contributed by atoms with van der Waals surface area (Å²) in [5.41, 5.74) is 6.75. The van der Waals surface area contributed by atoms with Crippen molar-refractivity contribution < 1.29 is 9.53 Å². The Labute approximate surface area is 163 Å². The Balaban J connectivity index is 1.36. The van der Waals surface area contributed by atoms with Gasteiger partial charge in [-0.2, -0.15) is 5.10 Å². The number of rotatable bonds is 4. The number of ether oxygens (including phenoxy) is 1. The van der Waals surface area contributed by atoms with Crippen molar-refractivity contribution in [1.82, 2.24) is 10.2 Å². The molecule has 1 aliphatic heterocycles. The van der Waals surface area contributed by atoms with Gasteiger partial charge in [-0.1, -0.05) is 12.1 Å². The number of methoxy groups -OCH3 is 1. The van der Waals surface area contributed by atoms with Gasteiger partial charge >= 0.3 is 0 Å². The summed E-state index contributed by atoms with van der Waals surface area (Å²) in [4.78, 5) is 14.9. The number of nitrogens with zero attached hydrogens (tertiary/aromatic N) is 2. The molecule has 0 spiro atoms. The first kappa shape index (κ1) is 16.9. The Morgan fingerprint density at radius 1 is 1.18 bits per heavy atom. The molecule has 0 radical (unpaired) electrons. The van der Waals surface area contributed by atoms with Crippen LogP contribution in [0.25, 0.3) is 11.1 Å². The number of anilines is 2. The molecule has 5 rings (SSSR count). The number of nitrogens with one attached hydrogen (secondary N) is 2. The second kappa shape index (κ2) is 6.71. The quantitative estimate of drug-likeness (QED) is 0.734. The van der Waals surface area contributed by atoms with E-state index in [1.165, 1.54) is 22.4 Å². The maximum Gasteiger partial charge on any atom is 0.249 e. The summed E-state index contributed by atoms with van der Waals surface area (Å²) < 4.78 is 5.27. The van der Waals surface area contributed by atoms with Crippen LogP contribution in [0.15, 0.2) is 48.7 Å². The summed E-state index contributed by atoms with van der Waals surface area (Å²) in [6.45, 7) is 0.718. The lowest BCUT2D eigenvalue weighted by atomic mass is 9.89. The van der Waals surface area contributed by atoms with E-state index < -0.39 is 0 Å². The number of carbonyl (C=O) groups is 1. The van der Waals surface area contributed by atoms with Gasteiger partial charge in [0.05, 0.1) is 13.3 Å². The largest absolute Gasteiger partial charge is 0.497 e. The fourth-order valence-electron chi connectivity index (χ4n) is 4.20. The molecule has 0 unspecified atom stereocenters. The average Bonchev–Trinajstić information content (AvgIpc) is 3.35. The van der Waals surface area contributed by atoms with Crippen LogP contribution in [0.3, 0.4) is 0 Å². The van der Waals surface area contributed by atoms with E-state index >= 15 is 0 Å². The molecule has 6 heteroatoms. The molecule has 2 N–H and O–H groups in total. The molecule has 6 nitrogen and oxygen atoms in total. The predicted octanol–water partition coefficient (Wildman–Crippen LogP) is 3.40. The number of benzene rings is 2. The lowest BCUT2D eigenvalue weighted by Gasteiger charge is -2.22. The predicted molar refractivity (Wildman–Crippen MR) is 109 cm³/mol. The maximum atomic E-state index is 13.0. The van der Waals surface area contributed by atoms with Crippen molar-refractivity contribution in [1.29, 1.82) is 0 Å². The highest BCUT2D eigenvalue weighted by Crippen LogP contribution is 2.35. The first-order valence-corrected chi connectivity index (χ1v) is 9.60. The molecule has 0 saturated carbocycles. The van der Waals surface area contributed by atoms with Gasteiger partial charge < -0.3 is 15.0 Å². The highest BCUT2D eigenvalue weighted by Gasteiger charge is 2.33. The average molecular weight is 374 g/mol. The van der Waals surface area contributed by atoms with E-state index in [0.29, 0.717) is 0 Å². The van der Waals surface area contributed by atoms with Crippen molar-refractivity contribution in [2.75, 3.05) is 23.9 Å². The zero-order valence-electron chi connectivity index (χ0n) is 15.7. The number of carbonyl (C=O) groups excluding carboxylic acids is 1. The van der Waals surface area contributed by atoms with E-state index in [9.17, 15) is 4.79 Å². The molecule has 142 valence electrons. The van der Waals surface area contributed by atoms with Crippen LogP contribution in [0, 0.1) is 0 Å². The highest BCUT2D eigenvalue weighted by molar-refractivity contribution is 6.01. The Bertz CT molecular complexity index is 1040. The molecule has 2 aliphatic rings. The van der Waals surface area contributed by atoms with Gasteiger partial charge in [-0.25, -0.2) is 0 Å². The normalized spacial score (nSPS) is 18.0. The monoisotopic (exact) mass is 374 g/mol.